The number of aryl methyl sites for hydroxylation is 1. The summed E-state index contributed by atoms with van der Waals surface area (Å²) in [4.78, 5) is 12.0. The number of carbonyl (C=O) groups excluding carboxylic acids is 1. The van der Waals surface area contributed by atoms with Gasteiger partial charge in [-0.05, 0) is 19.4 Å². The van der Waals surface area contributed by atoms with Gasteiger partial charge in [0.2, 0.25) is 0 Å². The first-order chi connectivity index (χ1) is 8.74. The number of allylic oxidation sites excluding steroid dienone is 1. The normalized spacial score (nSPS) is 11.2. The molecule has 0 saturated heterocycles. The highest BCUT2D eigenvalue weighted by molar-refractivity contribution is 6.04. The van der Waals surface area contributed by atoms with Crippen LogP contribution in [0.3, 0.4) is 0 Å². The lowest BCUT2D eigenvalue weighted by Gasteiger charge is -2.00. The van der Waals surface area contributed by atoms with Crippen LogP contribution in [0.25, 0.3) is 10.9 Å². The summed E-state index contributed by atoms with van der Waals surface area (Å²) < 4.78 is 1.73. The average Bonchev–Trinajstić information content (AvgIpc) is 2.73. The van der Waals surface area contributed by atoms with Gasteiger partial charge in [0.15, 0.2) is 5.69 Å². The van der Waals surface area contributed by atoms with Crippen molar-refractivity contribution >= 4 is 16.8 Å². The number of rotatable bonds is 4. The van der Waals surface area contributed by atoms with Gasteiger partial charge in [0, 0.05) is 19.0 Å². The van der Waals surface area contributed by atoms with Crippen LogP contribution in [0.15, 0.2) is 36.4 Å². The molecular formula is C14H17N3O. The zero-order valence-corrected chi connectivity index (χ0v) is 10.7. The van der Waals surface area contributed by atoms with Crippen LogP contribution in [-0.2, 0) is 7.05 Å². The molecule has 0 saturated carbocycles. The predicted molar refractivity (Wildman–Crippen MR) is 72.5 cm³/mol. The Kier molecular flexibility index (Phi) is 3.77. The minimum atomic E-state index is -0.115. The molecule has 1 aromatic carbocycles. The standard InChI is InChI=1S/C14H17N3O/c1-3-4-7-10-15-14(18)13-11-8-5-6-9-12(11)17(2)16-13/h3-6,8-9H,7,10H2,1-2H3,(H,15,18)/b4-3+. The second-order valence-electron chi connectivity index (χ2n) is 4.10. The van der Waals surface area contributed by atoms with Gasteiger partial charge < -0.3 is 5.32 Å². The Balaban J connectivity index is 2.18. The van der Waals surface area contributed by atoms with Gasteiger partial charge in [-0.15, -0.1) is 0 Å². The van der Waals surface area contributed by atoms with E-state index in [4.69, 9.17) is 0 Å². The van der Waals surface area contributed by atoms with E-state index >= 15 is 0 Å². The molecule has 0 aliphatic rings. The maximum Gasteiger partial charge on any atom is 0.272 e. The van der Waals surface area contributed by atoms with Crippen molar-refractivity contribution < 1.29 is 4.79 Å². The number of para-hydroxylation sites is 1. The van der Waals surface area contributed by atoms with Gasteiger partial charge in [-0.2, -0.15) is 5.10 Å². The summed E-state index contributed by atoms with van der Waals surface area (Å²) >= 11 is 0. The van der Waals surface area contributed by atoms with Crippen molar-refractivity contribution in [3.63, 3.8) is 0 Å². The molecule has 1 heterocycles. The molecule has 0 unspecified atom stereocenters. The van der Waals surface area contributed by atoms with Crippen molar-refractivity contribution in [2.75, 3.05) is 6.54 Å². The van der Waals surface area contributed by atoms with Crippen LogP contribution in [0.4, 0.5) is 0 Å². The van der Waals surface area contributed by atoms with Gasteiger partial charge >= 0.3 is 0 Å². The third-order valence-corrected chi connectivity index (χ3v) is 2.81. The van der Waals surface area contributed by atoms with Crippen LogP contribution < -0.4 is 5.32 Å². The topological polar surface area (TPSA) is 46.9 Å². The largest absolute Gasteiger partial charge is 0.350 e. The molecule has 0 bridgehead atoms. The van der Waals surface area contributed by atoms with E-state index in [0.717, 1.165) is 17.3 Å². The van der Waals surface area contributed by atoms with Crippen LogP contribution >= 0.6 is 0 Å². The van der Waals surface area contributed by atoms with Gasteiger partial charge in [-0.25, -0.2) is 0 Å². The molecule has 18 heavy (non-hydrogen) atoms. The maximum atomic E-state index is 12.0. The van der Waals surface area contributed by atoms with Crippen molar-refractivity contribution in [1.29, 1.82) is 0 Å². The highest BCUT2D eigenvalue weighted by Gasteiger charge is 2.14. The summed E-state index contributed by atoms with van der Waals surface area (Å²) in [6, 6.07) is 7.74. The van der Waals surface area contributed by atoms with Crippen molar-refractivity contribution in [2.45, 2.75) is 13.3 Å². The van der Waals surface area contributed by atoms with Crippen LogP contribution in [0.2, 0.25) is 0 Å². The Morgan fingerprint density at radius 3 is 3.00 bits per heavy atom. The first-order valence-electron chi connectivity index (χ1n) is 6.05. The van der Waals surface area contributed by atoms with Crippen LogP contribution in [0, 0.1) is 0 Å². The zero-order valence-electron chi connectivity index (χ0n) is 10.7. The number of benzene rings is 1. The van der Waals surface area contributed by atoms with E-state index in [1.165, 1.54) is 0 Å². The molecule has 94 valence electrons. The molecule has 2 aromatic rings. The number of fused-ring (bicyclic) bond motifs is 1. The number of amides is 1. The lowest BCUT2D eigenvalue weighted by atomic mass is 10.2. The van der Waals surface area contributed by atoms with E-state index in [1.807, 2.05) is 50.4 Å². The van der Waals surface area contributed by atoms with Crippen molar-refractivity contribution in [3.05, 3.63) is 42.1 Å². The molecule has 1 N–H and O–H groups in total. The maximum absolute atomic E-state index is 12.0. The molecule has 0 radical (unpaired) electrons. The van der Waals surface area contributed by atoms with Crippen molar-refractivity contribution in [1.82, 2.24) is 15.1 Å². The summed E-state index contributed by atoms with van der Waals surface area (Å²) in [6.45, 7) is 2.60. The van der Waals surface area contributed by atoms with Gasteiger partial charge in [0.05, 0.1) is 5.52 Å². The number of hydrogen-bond donors (Lipinski definition) is 1. The second-order valence-corrected chi connectivity index (χ2v) is 4.10. The molecule has 0 aliphatic heterocycles. The summed E-state index contributed by atoms with van der Waals surface area (Å²) in [5.74, 6) is -0.115. The minimum absolute atomic E-state index is 0.115. The van der Waals surface area contributed by atoms with Gasteiger partial charge in [0.1, 0.15) is 0 Å². The fourth-order valence-electron chi connectivity index (χ4n) is 1.90. The van der Waals surface area contributed by atoms with Crippen molar-refractivity contribution in [2.24, 2.45) is 7.05 Å². The molecule has 1 aromatic heterocycles. The molecule has 0 aliphatic carbocycles. The number of nitrogens with one attached hydrogen (secondary N) is 1. The minimum Gasteiger partial charge on any atom is -0.350 e. The predicted octanol–water partition coefficient (Wildman–Crippen LogP) is 2.27. The summed E-state index contributed by atoms with van der Waals surface area (Å²) in [5.41, 5.74) is 1.46. The lowest BCUT2D eigenvalue weighted by molar-refractivity contribution is 0.0950. The van der Waals surface area contributed by atoms with E-state index in [9.17, 15) is 4.79 Å². The molecule has 0 fully saturated rings. The van der Waals surface area contributed by atoms with Gasteiger partial charge in [-0.1, -0.05) is 30.4 Å². The average molecular weight is 243 g/mol. The van der Waals surface area contributed by atoms with Crippen LogP contribution in [0.5, 0.6) is 0 Å². The fraction of sp³-hybridized carbons (Fsp3) is 0.286. The third kappa shape index (κ3) is 2.42. The summed E-state index contributed by atoms with van der Waals surface area (Å²) in [5, 5.41) is 8.04. The summed E-state index contributed by atoms with van der Waals surface area (Å²) in [7, 11) is 1.85. The highest BCUT2D eigenvalue weighted by atomic mass is 16.1. The molecule has 4 heteroatoms. The SMILES string of the molecule is C/C=C/CCNC(=O)c1nn(C)c2ccccc12. The Hall–Kier alpha value is -2.10. The molecule has 0 spiro atoms. The molecule has 2 rings (SSSR count). The van der Waals surface area contributed by atoms with E-state index in [0.29, 0.717) is 12.2 Å². The quantitative estimate of drug-likeness (QED) is 0.661. The number of nitrogens with zero attached hydrogens (tertiary/aromatic N) is 2. The van der Waals surface area contributed by atoms with Crippen LogP contribution in [0.1, 0.15) is 23.8 Å². The molecule has 0 atom stereocenters. The van der Waals surface area contributed by atoms with E-state index in [1.54, 1.807) is 4.68 Å². The lowest BCUT2D eigenvalue weighted by Crippen LogP contribution is -2.24. The molecule has 4 nitrogen and oxygen atoms in total. The van der Waals surface area contributed by atoms with Crippen molar-refractivity contribution in [3.8, 4) is 0 Å². The van der Waals surface area contributed by atoms with Crippen LogP contribution in [-0.4, -0.2) is 22.2 Å². The van der Waals surface area contributed by atoms with E-state index in [-0.39, 0.29) is 5.91 Å². The number of hydrogen-bond acceptors (Lipinski definition) is 2. The second kappa shape index (κ2) is 5.49. The first-order valence-corrected chi connectivity index (χ1v) is 6.05. The number of carbonyl (C=O) groups is 1. The fourth-order valence-corrected chi connectivity index (χ4v) is 1.90. The van der Waals surface area contributed by atoms with E-state index < -0.39 is 0 Å². The number of aromatic nitrogens is 2. The zero-order chi connectivity index (χ0) is 13.0. The summed E-state index contributed by atoms with van der Waals surface area (Å²) in [6.07, 6.45) is 4.84. The van der Waals surface area contributed by atoms with Gasteiger partial charge in [0.25, 0.3) is 5.91 Å². The monoisotopic (exact) mass is 243 g/mol. The Morgan fingerprint density at radius 1 is 1.44 bits per heavy atom. The smallest absolute Gasteiger partial charge is 0.272 e. The Bertz CT molecular complexity index is 584. The molecular weight excluding hydrogens is 226 g/mol. The highest BCUT2D eigenvalue weighted by Crippen LogP contribution is 2.16. The van der Waals surface area contributed by atoms with E-state index in [2.05, 4.69) is 10.4 Å². The molecule has 1 amide bonds. The Morgan fingerprint density at radius 2 is 2.22 bits per heavy atom. The Labute approximate surface area is 106 Å². The van der Waals surface area contributed by atoms with Gasteiger partial charge in [-0.3, -0.25) is 9.48 Å². The first kappa shape index (κ1) is 12.4. The third-order valence-electron chi connectivity index (χ3n) is 2.81.